The third kappa shape index (κ3) is 5.37. The van der Waals surface area contributed by atoms with Crippen LogP contribution in [0.1, 0.15) is 21.9 Å². The summed E-state index contributed by atoms with van der Waals surface area (Å²) < 4.78 is 151. The first-order valence-electron chi connectivity index (χ1n) is 25.5. The van der Waals surface area contributed by atoms with Crippen LogP contribution in [0.3, 0.4) is 0 Å². The molecule has 0 bridgehead atoms. The van der Waals surface area contributed by atoms with E-state index in [9.17, 15) is 9.60 Å². The molecule has 0 saturated heterocycles. The van der Waals surface area contributed by atoms with Crippen LogP contribution in [-0.4, -0.2) is 19.5 Å². The lowest BCUT2D eigenvalue weighted by molar-refractivity contribution is 0.669. The van der Waals surface area contributed by atoms with Crippen molar-refractivity contribution in [2.75, 3.05) is 0 Å². The largest absolute Gasteiger partial charge is 0.456 e. The molecule has 0 saturated carbocycles. The number of hydrogen-bond donors (Lipinski definition) is 0. The molecule has 0 unspecified atom stereocenters. The number of nitrogens with zero attached hydrogens (tertiary/aromatic N) is 4. The van der Waals surface area contributed by atoms with Gasteiger partial charge >= 0.3 is 0 Å². The predicted molar refractivity (Wildman–Crippen MR) is 229 cm³/mol. The number of para-hydroxylation sites is 2. The lowest BCUT2D eigenvalue weighted by atomic mass is 9.97. The van der Waals surface area contributed by atoms with Crippen LogP contribution >= 0.6 is 0 Å². The molecule has 0 aliphatic rings. The van der Waals surface area contributed by atoms with E-state index < -0.39 is 125 Å². The zero-order chi connectivity index (χ0) is 50.9. The molecule has 0 atom stereocenters. The predicted octanol–water partition coefficient (Wildman–Crippen LogP) is 13.2. The van der Waals surface area contributed by atoms with Gasteiger partial charge in [-0.05, 0) is 70.7 Å². The Labute approximate surface area is 345 Å². The number of rotatable bonds is 6. The summed E-state index contributed by atoms with van der Waals surface area (Å²) in [5.74, 6) is 0.679. The molecular weight excluding hydrogens is 685 g/mol. The molecule has 11 rings (SSSR count). The molecular formula is C51H32N4O. The first-order chi connectivity index (χ1) is 34.4. The fraction of sp³-hybridized carbons (Fsp3) is 0. The second kappa shape index (κ2) is 13.0. The summed E-state index contributed by atoms with van der Waals surface area (Å²) in [6.07, 6.45) is 0. The van der Waals surface area contributed by atoms with Crippen LogP contribution in [0.25, 0.3) is 106 Å². The van der Waals surface area contributed by atoms with E-state index in [1.165, 1.54) is 0 Å². The Bertz CT molecular complexity index is 4140. The lowest BCUT2D eigenvalue weighted by Crippen LogP contribution is -2.01. The summed E-state index contributed by atoms with van der Waals surface area (Å²) in [4.78, 5) is 14.7. The van der Waals surface area contributed by atoms with Crippen LogP contribution in [0.4, 0.5) is 0 Å². The van der Waals surface area contributed by atoms with Crippen LogP contribution < -0.4 is 0 Å². The molecule has 3 heterocycles. The highest BCUT2D eigenvalue weighted by Crippen LogP contribution is 2.39. The van der Waals surface area contributed by atoms with Gasteiger partial charge in [0.2, 0.25) is 0 Å². The molecule has 0 aliphatic heterocycles. The normalized spacial score (nSPS) is 15.6. The van der Waals surface area contributed by atoms with E-state index in [2.05, 4.69) is 0 Å². The average Bonchev–Trinajstić information content (AvgIpc) is 3.95. The highest BCUT2D eigenvalue weighted by Gasteiger charge is 2.19. The third-order valence-corrected chi connectivity index (χ3v) is 9.48. The summed E-state index contributed by atoms with van der Waals surface area (Å²) in [5, 5.41) is 1.24. The fourth-order valence-electron chi connectivity index (χ4n) is 6.89. The number of aromatic nitrogens is 4. The van der Waals surface area contributed by atoms with E-state index in [0.717, 1.165) is 15.3 Å². The van der Waals surface area contributed by atoms with Crippen molar-refractivity contribution in [1.29, 1.82) is 0 Å². The zero-order valence-corrected chi connectivity index (χ0v) is 28.9. The topological polar surface area (TPSA) is 56.7 Å². The third-order valence-electron chi connectivity index (χ3n) is 9.48. The minimum Gasteiger partial charge on any atom is -0.456 e. The van der Waals surface area contributed by atoms with Crippen molar-refractivity contribution in [3.63, 3.8) is 0 Å². The van der Waals surface area contributed by atoms with Gasteiger partial charge in [-0.3, -0.25) is 0 Å². The van der Waals surface area contributed by atoms with E-state index in [1.54, 1.807) is 24.3 Å². The second-order valence-corrected chi connectivity index (χ2v) is 12.8. The second-order valence-electron chi connectivity index (χ2n) is 12.8. The Kier molecular flexibility index (Phi) is 4.57. The van der Waals surface area contributed by atoms with Crippen molar-refractivity contribution in [2.45, 2.75) is 0 Å². The molecule has 262 valence electrons. The van der Waals surface area contributed by atoms with Crippen LogP contribution in [0.5, 0.6) is 0 Å². The van der Waals surface area contributed by atoms with Gasteiger partial charge < -0.3 is 8.98 Å². The maximum absolute atomic E-state index is 9.95. The first-order valence-corrected chi connectivity index (χ1v) is 17.5. The van der Waals surface area contributed by atoms with Gasteiger partial charge in [-0.25, -0.2) is 15.0 Å². The van der Waals surface area contributed by atoms with Crippen molar-refractivity contribution in [1.82, 2.24) is 19.5 Å². The molecule has 11 aromatic rings. The Hall–Kier alpha value is -7.63. The van der Waals surface area contributed by atoms with E-state index >= 15 is 0 Å². The SMILES string of the molecule is [2H]c1c([2H])c([2H])c(-c2c([2H])c([2H])c(-n3c4c([2H])c([2H])c([2H])c([2H])c4c4c([2H])c(-c5ccccc5-c5nc(-c6ccccc6)nc(-c6ccc7c(c6)oc6ccccc67)n5)c([2H])c([2H])c43)c([2H])c2[2H])c([2H])c1[2H]. The smallest absolute Gasteiger partial charge is 0.164 e. The van der Waals surface area contributed by atoms with Gasteiger partial charge in [0.1, 0.15) is 11.2 Å². The quantitative estimate of drug-likeness (QED) is 0.171. The fourth-order valence-corrected chi connectivity index (χ4v) is 6.89. The number of fused-ring (bicyclic) bond motifs is 6. The standard InChI is InChI=1S/C51H32N4O/c1-3-13-33(14-4-1)34-23-27-38(28-24-34)55-45-21-11-9-18-40(45)44-31-36(26-30-46(44)55)39-17-7-8-20-43(39)51-53-49(35-15-5-2-6-16-35)52-50(54-51)37-25-29-42-41-19-10-12-22-47(41)56-48(42)32-37/h1-32H/i1D,3D,4D,9D,11D,13D,14D,18D,21D,23D,24D,26D,27D,28D,30D,31D. The van der Waals surface area contributed by atoms with Gasteiger partial charge in [0.05, 0.1) is 33.0 Å². The molecule has 8 aromatic carbocycles. The molecule has 0 aliphatic carbocycles. The van der Waals surface area contributed by atoms with Crippen molar-refractivity contribution in [2.24, 2.45) is 0 Å². The average molecular weight is 733 g/mol. The monoisotopic (exact) mass is 732 g/mol. The van der Waals surface area contributed by atoms with Gasteiger partial charge in [-0.1, -0.05) is 145 Å². The molecule has 0 spiro atoms. The summed E-state index contributed by atoms with van der Waals surface area (Å²) in [5.41, 5.74) is 0.190. The number of furan rings is 1. The van der Waals surface area contributed by atoms with E-state index in [4.69, 9.17) is 31.7 Å². The van der Waals surface area contributed by atoms with Crippen LogP contribution in [0.15, 0.2) is 198 Å². The van der Waals surface area contributed by atoms with Gasteiger partial charge in [-0.2, -0.15) is 0 Å². The summed E-state index contributed by atoms with van der Waals surface area (Å²) in [7, 11) is 0. The Morgan fingerprint density at radius 2 is 1.05 bits per heavy atom. The number of benzene rings is 8. The molecule has 3 aromatic heterocycles. The van der Waals surface area contributed by atoms with Gasteiger partial charge in [-0.15, -0.1) is 0 Å². The Morgan fingerprint density at radius 1 is 0.411 bits per heavy atom. The highest BCUT2D eigenvalue weighted by atomic mass is 16.3. The minimum absolute atomic E-state index is 0.122. The van der Waals surface area contributed by atoms with Crippen LogP contribution in [-0.2, 0) is 0 Å². The molecule has 0 N–H and O–H groups in total. The first kappa shape index (κ1) is 19.6. The van der Waals surface area contributed by atoms with Crippen molar-refractivity contribution in [3.8, 4) is 62.1 Å². The van der Waals surface area contributed by atoms with Crippen LogP contribution in [0, 0.1) is 0 Å². The van der Waals surface area contributed by atoms with Crippen molar-refractivity contribution in [3.05, 3.63) is 194 Å². The van der Waals surface area contributed by atoms with Gasteiger partial charge in [0.25, 0.3) is 0 Å². The van der Waals surface area contributed by atoms with Gasteiger partial charge in [0, 0.05) is 43.9 Å². The highest BCUT2D eigenvalue weighted by molar-refractivity contribution is 6.11. The summed E-state index contributed by atoms with van der Waals surface area (Å²) in [6.45, 7) is 0. The van der Waals surface area contributed by atoms with Crippen molar-refractivity contribution < 1.29 is 26.3 Å². The Balaban J connectivity index is 1.19. The van der Waals surface area contributed by atoms with E-state index in [0.29, 0.717) is 33.7 Å². The van der Waals surface area contributed by atoms with Crippen molar-refractivity contribution >= 4 is 43.7 Å². The molecule has 5 nitrogen and oxygen atoms in total. The van der Waals surface area contributed by atoms with Gasteiger partial charge in [0.15, 0.2) is 17.5 Å². The molecule has 0 radical (unpaired) electrons. The minimum atomic E-state index is -0.866. The molecule has 0 amide bonds. The van der Waals surface area contributed by atoms with E-state index in [1.807, 2.05) is 72.8 Å². The zero-order valence-electron chi connectivity index (χ0n) is 44.9. The molecule has 0 fully saturated rings. The number of hydrogen-bond acceptors (Lipinski definition) is 4. The summed E-state index contributed by atoms with van der Waals surface area (Å²) in [6, 6.07) is 17.2. The summed E-state index contributed by atoms with van der Waals surface area (Å²) >= 11 is 0. The maximum Gasteiger partial charge on any atom is 0.164 e. The molecule has 56 heavy (non-hydrogen) atoms. The lowest BCUT2D eigenvalue weighted by Gasteiger charge is -2.13. The maximum atomic E-state index is 9.95. The Morgan fingerprint density at radius 3 is 1.91 bits per heavy atom. The molecule has 5 heteroatoms. The van der Waals surface area contributed by atoms with E-state index in [-0.39, 0.29) is 33.5 Å². The van der Waals surface area contributed by atoms with Crippen LogP contribution in [0.2, 0.25) is 0 Å².